The Morgan fingerprint density at radius 2 is 1.88 bits per heavy atom. The predicted octanol–water partition coefficient (Wildman–Crippen LogP) is 1.77. The summed E-state index contributed by atoms with van der Waals surface area (Å²) in [7, 11) is 0. The van der Waals surface area contributed by atoms with E-state index in [1.54, 1.807) is 6.07 Å². The molecule has 1 saturated carbocycles. The Bertz CT molecular complexity index is 671. The van der Waals surface area contributed by atoms with Gasteiger partial charge in [-0.25, -0.2) is 5.48 Å². The Morgan fingerprint density at radius 3 is 2.58 bits per heavy atom. The molecule has 10 nitrogen and oxygen atoms in total. The Kier molecular flexibility index (Phi) is 5.06. The van der Waals surface area contributed by atoms with Crippen molar-refractivity contribution in [1.82, 2.24) is 20.4 Å². The smallest absolute Gasteiger partial charge is 0.305 e. The number of carbonyl (C=O) groups excluding carboxylic acids is 1. The van der Waals surface area contributed by atoms with Crippen molar-refractivity contribution in [3.05, 3.63) is 24.2 Å². The average molecular weight is 333 g/mol. The largest absolute Gasteiger partial charge is 0.459 e. The predicted molar refractivity (Wildman–Crippen MR) is 85.5 cm³/mol. The van der Waals surface area contributed by atoms with E-state index >= 15 is 0 Å². The van der Waals surface area contributed by atoms with Crippen LogP contribution >= 0.6 is 0 Å². The summed E-state index contributed by atoms with van der Waals surface area (Å²) in [5.74, 6) is 0.0550. The van der Waals surface area contributed by atoms with Gasteiger partial charge in [-0.2, -0.15) is 15.0 Å². The lowest BCUT2D eigenvalue weighted by molar-refractivity contribution is 0.0935. The van der Waals surface area contributed by atoms with Crippen LogP contribution in [0.4, 0.5) is 17.8 Å². The third-order valence-corrected chi connectivity index (χ3v) is 3.71. The molecule has 1 aliphatic rings. The number of hydrazine groups is 1. The maximum atomic E-state index is 11.8. The van der Waals surface area contributed by atoms with Crippen LogP contribution in [0, 0.1) is 0 Å². The number of carbonyl (C=O) groups is 1. The van der Waals surface area contributed by atoms with Crippen molar-refractivity contribution in [3.63, 3.8) is 0 Å². The average Bonchev–Trinajstić information content (AvgIpc) is 3.15. The highest BCUT2D eigenvalue weighted by Gasteiger charge is 2.16. The monoisotopic (exact) mass is 333 g/mol. The van der Waals surface area contributed by atoms with Gasteiger partial charge in [0.1, 0.15) is 0 Å². The van der Waals surface area contributed by atoms with E-state index in [4.69, 9.17) is 9.62 Å². The minimum absolute atomic E-state index is 0.0296. The summed E-state index contributed by atoms with van der Waals surface area (Å²) in [5, 5.41) is 12.3. The Hall–Kier alpha value is -2.88. The molecule has 0 aromatic carbocycles. The number of amides is 1. The summed E-state index contributed by atoms with van der Waals surface area (Å²) in [6, 6.07) is 3.43. The van der Waals surface area contributed by atoms with E-state index in [2.05, 4.69) is 31.1 Å². The Morgan fingerprint density at radius 1 is 1.12 bits per heavy atom. The van der Waals surface area contributed by atoms with Crippen molar-refractivity contribution in [2.75, 3.05) is 16.2 Å². The van der Waals surface area contributed by atoms with Crippen LogP contribution in [0.25, 0.3) is 0 Å². The van der Waals surface area contributed by atoms with Crippen LogP contribution < -0.4 is 21.6 Å². The molecule has 24 heavy (non-hydrogen) atoms. The van der Waals surface area contributed by atoms with Gasteiger partial charge >= 0.3 is 5.91 Å². The van der Waals surface area contributed by atoms with Crippen molar-refractivity contribution in [1.29, 1.82) is 0 Å². The normalized spacial score (nSPS) is 14.9. The molecule has 0 saturated heterocycles. The van der Waals surface area contributed by atoms with Crippen LogP contribution in [-0.2, 0) is 0 Å². The second-order valence-electron chi connectivity index (χ2n) is 5.45. The lowest BCUT2D eigenvalue weighted by Gasteiger charge is -2.22. The summed E-state index contributed by atoms with van der Waals surface area (Å²) >= 11 is 0. The van der Waals surface area contributed by atoms with Gasteiger partial charge in [0.15, 0.2) is 5.76 Å². The number of anilines is 3. The molecule has 0 unspecified atom stereocenters. The first-order valence-corrected chi connectivity index (χ1v) is 7.77. The van der Waals surface area contributed by atoms with Crippen molar-refractivity contribution < 1.29 is 14.4 Å². The number of nitrogens with zero attached hydrogens (tertiary/aromatic N) is 3. The minimum Gasteiger partial charge on any atom is -0.459 e. The highest BCUT2D eigenvalue weighted by Crippen LogP contribution is 2.20. The van der Waals surface area contributed by atoms with Gasteiger partial charge in [0.05, 0.1) is 6.26 Å². The molecule has 2 aromatic heterocycles. The molecule has 1 amide bonds. The molecule has 1 aliphatic carbocycles. The van der Waals surface area contributed by atoms with E-state index in [1.807, 2.05) is 5.48 Å². The fourth-order valence-electron chi connectivity index (χ4n) is 2.56. The quantitative estimate of drug-likeness (QED) is 0.501. The molecule has 128 valence electrons. The molecule has 3 rings (SSSR count). The maximum absolute atomic E-state index is 11.8. The van der Waals surface area contributed by atoms with E-state index in [1.165, 1.54) is 18.8 Å². The van der Waals surface area contributed by atoms with Crippen LogP contribution in [0.1, 0.15) is 42.7 Å². The van der Waals surface area contributed by atoms with E-state index < -0.39 is 5.91 Å². The summed E-state index contributed by atoms with van der Waals surface area (Å²) in [4.78, 5) is 24.0. The standard InChI is InChI=1S/C14H19N7O3/c22-11(10-7-4-8-24-10)19-20-13-16-12(17-14(18-13)21-23)15-9-5-2-1-3-6-9/h4,7-9,23H,1-3,5-6H2,(H,19,22)(H3,15,16,17,18,20,21). The second-order valence-corrected chi connectivity index (χ2v) is 5.45. The van der Waals surface area contributed by atoms with Gasteiger partial charge in [0.2, 0.25) is 11.9 Å². The number of hydrogen-bond donors (Lipinski definition) is 5. The summed E-state index contributed by atoms with van der Waals surface area (Å²) in [5.41, 5.74) is 6.87. The zero-order chi connectivity index (χ0) is 16.8. The SMILES string of the molecule is O=C(NNc1nc(NO)nc(NC2CCCCC2)n1)c1ccco1. The number of hydrogen-bond acceptors (Lipinski definition) is 9. The van der Waals surface area contributed by atoms with Gasteiger partial charge in [0, 0.05) is 6.04 Å². The van der Waals surface area contributed by atoms with Gasteiger partial charge in [-0.05, 0) is 25.0 Å². The van der Waals surface area contributed by atoms with Gasteiger partial charge in [-0.1, -0.05) is 19.3 Å². The maximum Gasteiger partial charge on any atom is 0.305 e. The number of nitrogens with one attached hydrogen (secondary N) is 4. The third-order valence-electron chi connectivity index (χ3n) is 3.71. The zero-order valence-electron chi connectivity index (χ0n) is 13.0. The van der Waals surface area contributed by atoms with Crippen LogP contribution in [0.3, 0.4) is 0 Å². The molecule has 0 bridgehead atoms. The third kappa shape index (κ3) is 4.10. The molecule has 0 atom stereocenters. The first kappa shape index (κ1) is 16.0. The van der Waals surface area contributed by atoms with Gasteiger partial charge in [0.25, 0.3) is 5.95 Å². The summed E-state index contributed by atoms with van der Waals surface area (Å²) < 4.78 is 4.98. The fourth-order valence-corrected chi connectivity index (χ4v) is 2.56. The van der Waals surface area contributed by atoms with Crippen molar-refractivity contribution >= 4 is 23.8 Å². The van der Waals surface area contributed by atoms with E-state index in [9.17, 15) is 4.79 Å². The van der Waals surface area contributed by atoms with Gasteiger partial charge in [-0.15, -0.1) is 0 Å². The molecule has 10 heteroatoms. The lowest BCUT2D eigenvalue weighted by atomic mass is 9.96. The lowest BCUT2D eigenvalue weighted by Crippen LogP contribution is -2.31. The molecule has 2 aromatic rings. The summed E-state index contributed by atoms with van der Waals surface area (Å²) in [6.45, 7) is 0. The van der Waals surface area contributed by atoms with E-state index in [0.717, 1.165) is 25.7 Å². The molecule has 2 heterocycles. The van der Waals surface area contributed by atoms with Gasteiger partial charge < -0.3 is 9.73 Å². The number of aromatic nitrogens is 3. The number of rotatable bonds is 6. The minimum atomic E-state index is -0.472. The fraction of sp³-hybridized carbons (Fsp3) is 0.429. The highest BCUT2D eigenvalue weighted by molar-refractivity contribution is 5.91. The van der Waals surface area contributed by atoms with Gasteiger partial charge in [-0.3, -0.25) is 20.9 Å². The molecule has 0 spiro atoms. The topological polar surface area (TPSA) is 137 Å². The van der Waals surface area contributed by atoms with Crippen molar-refractivity contribution in [2.45, 2.75) is 38.1 Å². The van der Waals surface area contributed by atoms with Crippen molar-refractivity contribution in [3.8, 4) is 0 Å². The van der Waals surface area contributed by atoms with E-state index in [-0.39, 0.29) is 17.7 Å². The summed E-state index contributed by atoms with van der Waals surface area (Å²) in [6.07, 6.45) is 7.07. The first-order chi connectivity index (χ1) is 11.7. The molecule has 1 fully saturated rings. The molecular formula is C14H19N7O3. The van der Waals surface area contributed by atoms with Crippen LogP contribution in [0.2, 0.25) is 0 Å². The van der Waals surface area contributed by atoms with Crippen LogP contribution in [-0.4, -0.2) is 32.1 Å². The van der Waals surface area contributed by atoms with Crippen molar-refractivity contribution in [2.24, 2.45) is 0 Å². The molecule has 5 N–H and O–H groups in total. The molecule has 0 radical (unpaired) electrons. The molecular weight excluding hydrogens is 314 g/mol. The highest BCUT2D eigenvalue weighted by atomic mass is 16.5. The van der Waals surface area contributed by atoms with Crippen LogP contribution in [0.5, 0.6) is 0 Å². The second kappa shape index (κ2) is 7.59. The Balaban J connectivity index is 1.65. The zero-order valence-corrected chi connectivity index (χ0v) is 13.0. The van der Waals surface area contributed by atoms with Crippen LogP contribution in [0.15, 0.2) is 22.8 Å². The van der Waals surface area contributed by atoms with E-state index in [0.29, 0.717) is 12.0 Å². The Labute approximate surface area is 138 Å². The number of furan rings is 1. The first-order valence-electron chi connectivity index (χ1n) is 7.77. The molecule has 0 aliphatic heterocycles.